The highest BCUT2D eigenvalue weighted by atomic mass is 14.0. The van der Waals surface area contributed by atoms with Crippen LogP contribution in [-0.4, -0.2) is 0 Å². The first-order valence-electron chi connectivity index (χ1n) is 4.83. The molecule has 0 aliphatic carbocycles. The summed E-state index contributed by atoms with van der Waals surface area (Å²) in [6.45, 7) is 8.08. The second-order valence-corrected chi connectivity index (χ2v) is 3.09. The Hall–Kier alpha value is -1.56. The SMILES string of the molecule is C=C(/C=C\C)/C(=C\C)c1ccccc1. The number of hydrogen-bond donors (Lipinski definition) is 0. The minimum absolute atomic E-state index is 1.06. The van der Waals surface area contributed by atoms with Gasteiger partial charge in [0.1, 0.15) is 0 Å². The van der Waals surface area contributed by atoms with E-state index in [0.29, 0.717) is 0 Å². The van der Waals surface area contributed by atoms with Crippen molar-refractivity contribution in [3.05, 3.63) is 66.3 Å². The van der Waals surface area contributed by atoms with E-state index in [2.05, 4.69) is 24.8 Å². The molecule has 0 aromatic heterocycles. The maximum Gasteiger partial charge on any atom is -0.0160 e. The van der Waals surface area contributed by atoms with E-state index in [1.54, 1.807) is 0 Å². The molecule has 0 unspecified atom stereocenters. The Bertz CT molecular complexity index is 353. The number of rotatable bonds is 3. The van der Waals surface area contributed by atoms with Crippen LogP contribution in [0.15, 0.2) is 60.7 Å². The molecule has 0 radical (unpaired) electrons. The van der Waals surface area contributed by atoms with Crippen molar-refractivity contribution in [1.82, 2.24) is 0 Å². The summed E-state index contributed by atoms with van der Waals surface area (Å²) < 4.78 is 0. The topological polar surface area (TPSA) is 0 Å². The Morgan fingerprint density at radius 1 is 1.14 bits per heavy atom. The standard InChI is InChI=1S/C14H16/c1-4-9-12(3)14(5-2)13-10-7-6-8-11-13/h4-11H,3H2,1-2H3/b9-4-,14-5+. The van der Waals surface area contributed by atoms with Crippen LogP contribution in [0.2, 0.25) is 0 Å². The van der Waals surface area contributed by atoms with Gasteiger partial charge in [0, 0.05) is 0 Å². The van der Waals surface area contributed by atoms with E-state index in [1.165, 1.54) is 11.1 Å². The van der Waals surface area contributed by atoms with Gasteiger partial charge in [0.2, 0.25) is 0 Å². The smallest absolute Gasteiger partial charge is 0.0160 e. The Balaban J connectivity index is 3.01. The molecule has 0 atom stereocenters. The van der Waals surface area contributed by atoms with Crippen LogP contribution < -0.4 is 0 Å². The minimum atomic E-state index is 1.06. The van der Waals surface area contributed by atoms with Gasteiger partial charge in [-0.2, -0.15) is 0 Å². The van der Waals surface area contributed by atoms with Crippen LogP contribution in [0.1, 0.15) is 19.4 Å². The van der Waals surface area contributed by atoms with Gasteiger partial charge < -0.3 is 0 Å². The lowest BCUT2D eigenvalue weighted by molar-refractivity contribution is 1.55. The molecule has 0 heterocycles. The van der Waals surface area contributed by atoms with E-state index in [0.717, 1.165) is 5.57 Å². The number of allylic oxidation sites excluding steroid dienone is 5. The second kappa shape index (κ2) is 5.23. The zero-order chi connectivity index (χ0) is 10.4. The van der Waals surface area contributed by atoms with Crippen molar-refractivity contribution in [2.45, 2.75) is 13.8 Å². The molecule has 1 aromatic carbocycles. The minimum Gasteiger partial charge on any atom is -0.0912 e. The Labute approximate surface area is 86.3 Å². The molecule has 0 saturated heterocycles. The summed E-state index contributed by atoms with van der Waals surface area (Å²) in [7, 11) is 0. The maximum atomic E-state index is 4.04. The molecule has 0 aliphatic rings. The summed E-state index contributed by atoms with van der Waals surface area (Å²) in [4.78, 5) is 0. The third kappa shape index (κ3) is 2.46. The van der Waals surface area contributed by atoms with Gasteiger partial charge in [-0.25, -0.2) is 0 Å². The summed E-state index contributed by atoms with van der Waals surface area (Å²) in [5.41, 5.74) is 3.48. The van der Waals surface area contributed by atoms with Gasteiger partial charge >= 0.3 is 0 Å². The fraction of sp³-hybridized carbons (Fsp3) is 0.143. The van der Waals surface area contributed by atoms with Gasteiger partial charge in [-0.3, -0.25) is 0 Å². The summed E-state index contributed by atoms with van der Waals surface area (Å²) in [5.74, 6) is 0. The molecule has 0 heteroatoms. The molecule has 0 N–H and O–H groups in total. The van der Waals surface area contributed by atoms with E-state index in [-0.39, 0.29) is 0 Å². The third-order valence-corrected chi connectivity index (χ3v) is 2.09. The molecular formula is C14H16. The van der Waals surface area contributed by atoms with Crippen LogP contribution in [0.4, 0.5) is 0 Å². The number of benzene rings is 1. The zero-order valence-corrected chi connectivity index (χ0v) is 8.83. The lowest BCUT2D eigenvalue weighted by atomic mass is 9.99. The molecular weight excluding hydrogens is 168 g/mol. The van der Waals surface area contributed by atoms with Gasteiger partial charge in [-0.1, -0.05) is 55.1 Å². The highest BCUT2D eigenvalue weighted by Gasteiger charge is 2.00. The van der Waals surface area contributed by atoms with E-state index < -0.39 is 0 Å². The predicted molar refractivity (Wildman–Crippen MR) is 64.0 cm³/mol. The highest BCUT2D eigenvalue weighted by molar-refractivity contribution is 5.80. The van der Waals surface area contributed by atoms with Crippen LogP contribution in [0.5, 0.6) is 0 Å². The van der Waals surface area contributed by atoms with Crippen molar-refractivity contribution < 1.29 is 0 Å². The van der Waals surface area contributed by atoms with Gasteiger partial charge in [0.05, 0.1) is 0 Å². The van der Waals surface area contributed by atoms with Crippen LogP contribution in [0, 0.1) is 0 Å². The van der Waals surface area contributed by atoms with Gasteiger partial charge in [0.15, 0.2) is 0 Å². The van der Waals surface area contributed by atoms with E-state index in [1.807, 2.05) is 44.2 Å². The van der Waals surface area contributed by atoms with Crippen LogP contribution in [0.3, 0.4) is 0 Å². The van der Waals surface area contributed by atoms with Crippen molar-refractivity contribution in [3.63, 3.8) is 0 Å². The average molecular weight is 184 g/mol. The largest absolute Gasteiger partial charge is 0.0912 e. The van der Waals surface area contributed by atoms with Crippen LogP contribution in [-0.2, 0) is 0 Å². The molecule has 1 aromatic rings. The molecule has 0 spiro atoms. The van der Waals surface area contributed by atoms with Gasteiger partial charge in [-0.05, 0) is 30.6 Å². The van der Waals surface area contributed by atoms with Crippen molar-refractivity contribution >= 4 is 5.57 Å². The molecule has 14 heavy (non-hydrogen) atoms. The van der Waals surface area contributed by atoms with Crippen LogP contribution >= 0.6 is 0 Å². The summed E-state index contributed by atoms with van der Waals surface area (Å²) in [6, 6.07) is 10.3. The highest BCUT2D eigenvalue weighted by Crippen LogP contribution is 2.22. The summed E-state index contributed by atoms with van der Waals surface area (Å²) in [5, 5.41) is 0. The Morgan fingerprint density at radius 2 is 1.79 bits per heavy atom. The first-order chi connectivity index (χ1) is 6.79. The first kappa shape index (κ1) is 10.5. The van der Waals surface area contributed by atoms with Crippen molar-refractivity contribution in [2.24, 2.45) is 0 Å². The maximum absolute atomic E-state index is 4.04. The predicted octanol–water partition coefficient (Wildman–Crippen LogP) is 4.22. The number of hydrogen-bond acceptors (Lipinski definition) is 0. The summed E-state index contributed by atoms with van der Waals surface area (Å²) >= 11 is 0. The van der Waals surface area contributed by atoms with E-state index in [4.69, 9.17) is 0 Å². The lowest BCUT2D eigenvalue weighted by Gasteiger charge is -2.06. The summed E-state index contributed by atoms with van der Waals surface area (Å²) in [6.07, 6.45) is 6.13. The van der Waals surface area contributed by atoms with E-state index in [9.17, 15) is 0 Å². The first-order valence-corrected chi connectivity index (χ1v) is 4.83. The molecule has 0 fully saturated rings. The molecule has 1 rings (SSSR count). The van der Waals surface area contributed by atoms with E-state index >= 15 is 0 Å². The Kier molecular flexibility index (Phi) is 3.93. The van der Waals surface area contributed by atoms with Crippen molar-refractivity contribution in [1.29, 1.82) is 0 Å². The monoisotopic (exact) mass is 184 g/mol. The Morgan fingerprint density at radius 3 is 2.29 bits per heavy atom. The fourth-order valence-corrected chi connectivity index (χ4v) is 1.45. The average Bonchev–Trinajstić information content (AvgIpc) is 2.21. The van der Waals surface area contributed by atoms with Crippen molar-refractivity contribution in [2.75, 3.05) is 0 Å². The molecule has 72 valence electrons. The van der Waals surface area contributed by atoms with Crippen LogP contribution in [0.25, 0.3) is 5.57 Å². The fourth-order valence-electron chi connectivity index (χ4n) is 1.45. The van der Waals surface area contributed by atoms with Crippen molar-refractivity contribution in [3.8, 4) is 0 Å². The molecule has 0 bridgehead atoms. The molecule has 0 nitrogen and oxygen atoms in total. The quantitative estimate of drug-likeness (QED) is 0.617. The molecule has 0 aliphatic heterocycles. The lowest BCUT2D eigenvalue weighted by Crippen LogP contribution is -1.85. The van der Waals surface area contributed by atoms with Gasteiger partial charge in [0.25, 0.3) is 0 Å². The zero-order valence-electron chi connectivity index (χ0n) is 8.83. The second-order valence-electron chi connectivity index (χ2n) is 3.09. The molecule has 0 saturated carbocycles. The third-order valence-electron chi connectivity index (χ3n) is 2.09. The van der Waals surface area contributed by atoms with Gasteiger partial charge in [-0.15, -0.1) is 0 Å². The normalized spacial score (nSPS) is 12.0. The molecule has 0 amide bonds.